The number of hydrogen-bond acceptors (Lipinski definition) is 9. The first kappa shape index (κ1) is 43.0. The van der Waals surface area contributed by atoms with Gasteiger partial charge in [-0.1, -0.05) is 6.92 Å². The molecule has 0 aliphatic carbocycles. The molecule has 17 heteroatoms. The van der Waals surface area contributed by atoms with Gasteiger partial charge in [0.25, 0.3) is 5.91 Å². The van der Waals surface area contributed by atoms with Crippen LogP contribution in [0.4, 0.5) is 40.3 Å². The van der Waals surface area contributed by atoms with Crippen LogP contribution in [0.25, 0.3) is 0 Å². The number of nitriles is 1. The Labute approximate surface area is 344 Å². The maximum absolute atomic E-state index is 14.7. The molecule has 3 fully saturated rings. The summed E-state index contributed by atoms with van der Waals surface area (Å²) in [4.78, 5) is 55.1. The number of alkyl halides is 3. The smallest absolute Gasteiger partial charge is 0.417 e. The van der Waals surface area contributed by atoms with Crippen LogP contribution in [0.5, 0.6) is 5.75 Å². The molecule has 0 aromatic heterocycles. The number of likely N-dealkylation sites (tertiary alicyclic amines) is 1. The zero-order chi connectivity index (χ0) is 42.8. The van der Waals surface area contributed by atoms with Crippen LogP contribution >= 0.6 is 12.2 Å². The number of benzene rings is 3. The number of anilines is 4. The second-order valence-corrected chi connectivity index (χ2v) is 15.9. The number of imide groups is 1. The van der Waals surface area contributed by atoms with Crippen molar-refractivity contribution in [2.45, 2.75) is 90.0 Å². The van der Waals surface area contributed by atoms with E-state index in [1.165, 1.54) is 24.3 Å². The summed E-state index contributed by atoms with van der Waals surface area (Å²) < 4.78 is 62.3. The summed E-state index contributed by atoms with van der Waals surface area (Å²) in [6.07, 6.45) is -1.29. The first-order chi connectivity index (χ1) is 27.9. The van der Waals surface area contributed by atoms with Gasteiger partial charge in [-0.3, -0.25) is 34.3 Å². The number of carbonyl (C=O) groups is 4. The van der Waals surface area contributed by atoms with Gasteiger partial charge in [0.05, 0.1) is 41.7 Å². The lowest BCUT2D eigenvalue weighted by Crippen LogP contribution is -2.47. The summed E-state index contributed by atoms with van der Waals surface area (Å²) in [6, 6.07) is 13.6. The van der Waals surface area contributed by atoms with Crippen molar-refractivity contribution in [3.8, 4) is 11.8 Å². The van der Waals surface area contributed by atoms with Crippen LogP contribution in [-0.4, -0.2) is 71.0 Å². The lowest BCUT2D eigenvalue weighted by atomic mass is 9.89. The number of hydrogen-bond donors (Lipinski definition) is 3. The molecule has 3 aliphatic heterocycles. The van der Waals surface area contributed by atoms with E-state index in [1.54, 1.807) is 36.9 Å². The Morgan fingerprint density at radius 3 is 2.49 bits per heavy atom. The molecule has 1 unspecified atom stereocenters. The lowest BCUT2D eigenvalue weighted by Gasteiger charge is -2.37. The fourth-order valence-corrected chi connectivity index (χ4v) is 8.37. The molecule has 4 amide bonds. The third-order valence-electron chi connectivity index (χ3n) is 11.1. The van der Waals surface area contributed by atoms with E-state index in [-0.39, 0.29) is 47.3 Å². The Bertz CT molecular complexity index is 2210. The predicted octanol–water partition coefficient (Wildman–Crippen LogP) is 6.92. The molecule has 3 heterocycles. The standard InChI is InChI=1S/C42H45F4N7O5S/c1-5-26-19-30(53-40(59)52(39(57)41(53,3)4)29-8-6-27(22-47)31(21-29)42(44,45)46)9-12-35(26)58-17-15-25-14-16-51(24(2)18-25)23-37(55)49-34-20-28(7-10-32(34)43)48-33-11-13-36(54)50-38(33)56/h6-10,12,19-21,24-25,33,48H,5,11,13-18,23H2,1-4H3,(H,49,55)(H,50,54,56)/t24-,25-,33?/m1/s1. The summed E-state index contributed by atoms with van der Waals surface area (Å²) >= 11 is 5.71. The molecule has 3 N–H and O–H groups in total. The normalized spacial score (nSPS) is 21.0. The number of nitrogens with zero attached hydrogens (tertiary/aromatic N) is 4. The summed E-state index contributed by atoms with van der Waals surface area (Å²) in [6.45, 7) is 8.48. The average molecular weight is 836 g/mol. The van der Waals surface area contributed by atoms with Crippen molar-refractivity contribution in [3.63, 3.8) is 0 Å². The molecule has 0 spiro atoms. The van der Waals surface area contributed by atoms with Crippen molar-refractivity contribution in [2.24, 2.45) is 5.92 Å². The summed E-state index contributed by atoms with van der Waals surface area (Å²) in [5.74, 6) is -1.30. The fourth-order valence-electron chi connectivity index (χ4n) is 7.85. The Morgan fingerprint density at radius 2 is 1.81 bits per heavy atom. The predicted molar refractivity (Wildman–Crippen MR) is 217 cm³/mol. The summed E-state index contributed by atoms with van der Waals surface area (Å²) in [5, 5.41) is 17.2. The Balaban J connectivity index is 1.02. The number of nitrogens with one attached hydrogen (secondary N) is 3. The number of thiocarbonyl (C=S) groups is 1. The quantitative estimate of drug-likeness (QED) is 0.0999. The molecule has 6 rings (SSSR count). The second kappa shape index (κ2) is 17.3. The van der Waals surface area contributed by atoms with Gasteiger partial charge in [0.1, 0.15) is 23.1 Å². The van der Waals surface area contributed by atoms with E-state index < -0.39 is 46.5 Å². The molecule has 312 valence electrons. The minimum Gasteiger partial charge on any atom is -0.493 e. The molecular weight excluding hydrogens is 791 g/mol. The van der Waals surface area contributed by atoms with Crippen LogP contribution in [0.2, 0.25) is 0 Å². The molecule has 3 saturated heterocycles. The van der Waals surface area contributed by atoms with E-state index in [4.69, 9.17) is 17.0 Å². The molecule has 0 bridgehead atoms. The van der Waals surface area contributed by atoms with Gasteiger partial charge < -0.3 is 20.3 Å². The lowest BCUT2D eigenvalue weighted by molar-refractivity contribution is -0.138. The summed E-state index contributed by atoms with van der Waals surface area (Å²) in [5.41, 5.74) is -1.17. The van der Waals surface area contributed by atoms with Crippen LogP contribution in [0.3, 0.4) is 0 Å². The first-order valence-electron chi connectivity index (χ1n) is 19.4. The van der Waals surface area contributed by atoms with Gasteiger partial charge in [0, 0.05) is 23.8 Å². The van der Waals surface area contributed by atoms with E-state index >= 15 is 0 Å². The van der Waals surface area contributed by atoms with Crippen LogP contribution in [0, 0.1) is 23.1 Å². The molecular formula is C42H45F4N7O5S. The van der Waals surface area contributed by atoms with Crippen molar-refractivity contribution in [3.05, 3.63) is 77.1 Å². The second-order valence-electron chi connectivity index (χ2n) is 15.5. The van der Waals surface area contributed by atoms with Gasteiger partial charge in [0.15, 0.2) is 5.11 Å². The van der Waals surface area contributed by atoms with Crippen LogP contribution < -0.4 is 30.5 Å². The highest BCUT2D eigenvalue weighted by molar-refractivity contribution is 7.81. The minimum absolute atomic E-state index is 0.00666. The van der Waals surface area contributed by atoms with Gasteiger partial charge in [0.2, 0.25) is 17.7 Å². The van der Waals surface area contributed by atoms with Crippen LogP contribution in [-0.2, 0) is 31.8 Å². The van der Waals surface area contributed by atoms with E-state index in [2.05, 4.69) is 20.9 Å². The molecule has 3 aliphatic rings. The van der Waals surface area contributed by atoms with Gasteiger partial charge in [-0.25, -0.2) is 4.39 Å². The SMILES string of the molecule is CCc1cc(N2C(=S)N(c3ccc(C#N)c(C(F)(F)F)c3)C(=O)C2(C)C)ccc1OCC[C@H]1CCN(CC(=O)Nc2cc(NC3CCC(=O)NC3=O)ccc2F)[C@H](C)C1. The number of piperidine rings is 2. The average Bonchev–Trinajstić information content (AvgIpc) is 3.36. The molecule has 3 aromatic rings. The zero-order valence-corrected chi connectivity index (χ0v) is 33.9. The highest BCUT2D eigenvalue weighted by atomic mass is 32.1. The molecule has 0 saturated carbocycles. The van der Waals surface area contributed by atoms with Gasteiger partial charge in [-0.05, 0) is 138 Å². The third kappa shape index (κ3) is 9.34. The Morgan fingerprint density at radius 1 is 1.07 bits per heavy atom. The highest BCUT2D eigenvalue weighted by Gasteiger charge is 2.51. The van der Waals surface area contributed by atoms with E-state index in [1.807, 2.05) is 19.9 Å². The summed E-state index contributed by atoms with van der Waals surface area (Å²) in [7, 11) is 0. The van der Waals surface area contributed by atoms with Crippen molar-refractivity contribution in [1.29, 1.82) is 5.26 Å². The maximum Gasteiger partial charge on any atom is 0.417 e. The number of carbonyl (C=O) groups excluding carboxylic acids is 4. The molecule has 3 aromatic carbocycles. The van der Waals surface area contributed by atoms with Crippen LogP contribution in [0.15, 0.2) is 54.6 Å². The maximum atomic E-state index is 14.7. The highest BCUT2D eigenvalue weighted by Crippen LogP contribution is 2.41. The Hall–Kier alpha value is -5.60. The van der Waals surface area contributed by atoms with E-state index in [9.17, 15) is 42.0 Å². The number of rotatable bonds is 12. The van der Waals surface area contributed by atoms with Crippen molar-refractivity contribution < 1.29 is 41.5 Å². The van der Waals surface area contributed by atoms with Gasteiger partial charge >= 0.3 is 6.18 Å². The third-order valence-corrected chi connectivity index (χ3v) is 11.5. The number of aryl methyl sites for hydroxylation is 1. The number of halogens is 4. The van der Waals surface area contributed by atoms with E-state index in [0.29, 0.717) is 49.0 Å². The van der Waals surface area contributed by atoms with Gasteiger partial charge in [-0.2, -0.15) is 18.4 Å². The molecule has 59 heavy (non-hydrogen) atoms. The monoisotopic (exact) mass is 835 g/mol. The molecule has 3 atom stereocenters. The topological polar surface area (TPSA) is 147 Å². The first-order valence-corrected chi connectivity index (χ1v) is 19.8. The van der Waals surface area contributed by atoms with Crippen molar-refractivity contribution in [2.75, 3.05) is 40.1 Å². The fraction of sp³-hybridized carbons (Fsp3) is 0.429. The van der Waals surface area contributed by atoms with Crippen molar-refractivity contribution in [1.82, 2.24) is 10.2 Å². The number of ether oxygens (including phenoxy) is 1. The van der Waals surface area contributed by atoms with Crippen molar-refractivity contribution >= 4 is 63.7 Å². The van der Waals surface area contributed by atoms with Gasteiger partial charge in [-0.15, -0.1) is 0 Å². The molecule has 12 nitrogen and oxygen atoms in total. The van der Waals surface area contributed by atoms with Crippen LogP contribution in [0.1, 0.15) is 76.5 Å². The molecule has 0 radical (unpaired) electrons. The largest absolute Gasteiger partial charge is 0.493 e. The number of amides is 4. The minimum atomic E-state index is -4.80. The zero-order valence-electron chi connectivity index (χ0n) is 33.0. The van der Waals surface area contributed by atoms with E-state index in [0.717, 1.165) is 41.9 Å². The Kier molecular flexibility index (Phi) is 12.6.